The summed E-state index contributed by atoms with van der Waals surface area (Å²) >= 11 is 0. The van der Waals surface area contributed by atoms with E-state index in [1.807, 2.05) is 0 Å². The van der Waals surface area contributed by atoms with Crippen LogP contribution in [-0.2, 0) is 6.42 Å². The fourth-order valence-electron chi connectivity index (χ4n) is 2.11. The molecule has 0 heteroatoms. The molecule has 2 aliphatic rings. The van der Waals surface area contributed by atoms with Gasteiger partial charge in [-0.25, -0.2) is 0 Å². The highest BCUT2D eigenvalue weighted by molar-refractivity contribution is 5.68. The van der Waals surface area contributed by atoms with Crippen LogP contribution in [0, 0.1) is 0 Å². The van der Waals surface area contributed by atoms with Crippen molar-refractivity contribution in [2.75, 3.05) is 0 Å². The lowest BCUT2D eigenvalue weighted by atomic mass is 10.1. The van der Waals surface area contributed by atoms with E-state index in [9.17, 15) is 0 Å². The van der Waals surface area contributed by atoms with E-state index in [-0.39, 0.29) is 0 Å². The van der Waals surface area contributed by atoms with Crippen LogP contribution in [0.3, 0.4) is 0 Å². The summed E-state index contributed by atoms with van der Waals surface area (Å²) in [6.07, 6.45) is 11.3. The number of hydrogen-bond acceptors (Lipinski definition) is 0. The third-order valence-corrected chi connectivity index (χ3v) is 2.71. The Balaban J connectivity index is 2.54. The first-order valence-corrected chi connectivity index (χ1v) is 4.46. The van der Waals surface area contributed by atoms with Crippen LogP contribution in [0.1, 0.15) is 17.5 Å². The molecule has 0 unspecified atom stereocenters. The molecule has 1 aromatic rings. The molecule has 58 valence electrons. The maximum absolute atomic E-state index is 2.36. The van der Waals surface area contributed by atoms with Gasteiger partial charge in [0.1, 0.15) is 0 Å². The van der Waals surface area contributed by atoms with Crippen molar-refractivity contribution >= 4 is 18.2 Å². The minimum Gasteiger partial charge on any atom is -0.0760 e. The van der Waals surface area contributed by atoms with Gasteiger partial charge in [-0.1, -0.05) is 36.4 Å². The highest BCUT2D eigenvalue weighted by atomic mass is 14.1. The minimum absolute atomic E-state index is 1.22. The van der Waals surface area contributed by atoms with E-state index in [1.165, 1.54) is 34.4 Å². The van der Waals surface area contributed by atoms with E-state index in [2.05, 4.69) is 36.4 Å². The van der Waals surface area contributed by atoms with E-state index < -0.39 is 0 Å². The molecular formula is C12H10. The second kappa shape index (κ2) is 2.10. The average Bonchev–Trinajstić information content (AvgIpc) is 2.71. The van der Waals surface area contributed by atoms with Crippen LogP contribution in [0.2, 0.25) is 0 Å². The molecule has 3 rings (SSSR count). The van der Waals surface area contributed by atoms with Gasteiger partial charge in [0.25, 0.3) is 0 Å². The molecule has 0 aromatic heterocycles. The summed E-state index contributed by atoms with van der Waals surface area (Å²) in [5, 5.41) is 2.92. The summed E-state index contributed by atoms with van der Waals surface area (Å²) in [4.78, 5) is 0. The van der Waals surface area contributed by atoms with E-state index in [4.69, 9.17) is 0 Å². The number of rotatable bonds is 0. The number of allylic oxidation sites excluding steroid dienone is 1. The molecule has 0 spiro atoms. The van der Waals surface area contributed by atoms with Crippen LogP contribution < -0.4 is 10.4 Å². The first kappa shape index (κ1) is 6.24. The molecule has 0 fully saturated rings. The fraction of sp³-hybridized carbons (Fsp3) is 0.167. The van der Waals surface area contributed by atoms with Gasteiger partial charge in [0.05, 0.1) is 0 Å². The lowest BCUT2D eigenvalue weighted by Crippen LogP contribution is -2.26. The Morgan fingerprint density at radius 1 is 1.08 bits per heavy atom. The Kier molecular flexibility index (Phi) is 1.09. The molecule has 0 amide bonds. The minimum atomic E-state index is 1.22. The Morgan fingerprint density at radius 2 is 2.08 bits per heavy atom. The molecule has 2 aliphatic carbocycles. The Bertz CT molecular complexity index is 475. The van der Waals surface area contributed by atoms with Crippen molar-refractivity contribution < 1.29 is 0 Å². The Morgan fingerprint density at radius 3 is 3.08 bits per heavy atom. The molecule has 0 aliphatic heterocycles. The van der Waals surface area contributed by atoms with Gasteiger partial charge in [-0.2, -0.15) is 0 Å². The van der Waals surface area contributed by atoms with Gasteiger partial charge in [-0.15, -0.1) is 0 Å². The summed E-state index contributed by atoms with van der Waals surface area (Å²) in [5.41, 5.74) is 2.90. The maximum atomic E-state index is 2.36. The second-order valence-corrected chi connectivity index (χ2v) is 3.41. The topological polar surface area (TPSA) is 0 Å². The SMILES string of the molecule is C1=Cc2ccc3c(c2=C1)=CCC3. The number of fused-ring (bicyclic) bond motifs is 3. The number of hydrogen-bond donors (Lipinski definition) is 0. The molecule has 0 radical (unpaired) electrons. The standard InChI is InChI=1S/C12H10/c1-3-9-7-8-10-4-2-6-12(10)11(9)5-1/h1,3,5-8H,2,4H2. The normalized spacial score (nSPS) is 16.7. The summed E-state index contributed by atoms with van der Waals surface area (Å²) in [6.45, 7) is 0. The molecule has 0 heterocycles. The zero-order valence-electron chi connectivity index (χ0n) is 6.88. The van der Waals surface area contributed by atoms with Gasteiger partial charge in [-0.05, 0) is 34.4 Å². The van der Waals surface area contributed by atoms with E-state index in [1.54, 1.807) is 0 Å². The quantitative estimate of drug-likeness (QED) is 0.527. The molecule has 1 aromatic carbocycles. The largest absolute Gasteiger partial charge is 0.0760 e. The van der Waals surface area contributed by atoms with Crippen molar-refractivity contribution in [3.63, 3.8) is 0 Å². The van der Waals surface area contributed by atoms with Crippen molar-refractivity contribution in [2.45, 2.75) is 12.8 Å². The molecule has 0 bridgehead atoms. The average molecular weight is 154 g/mol. The molecular weight excluding hydrogens is 144 g/mol. The first-order valence-electron chi connectivity index (χ1n) is 4.46. The summed E-state index contributed by atoms with van der Waals surface area (Å²) < 4.78 is 0. The lowest BCUT2D eigenvalue weighted by molar-refractivity contribution is 1.08. The predicted molar refractivity (Wildman–Crippen MR) is 52.0 cm³/mol. The van der Waals surface area contributed by atoms with Crippen molar-refractivity contribution in [3.05, 3.63) is 39.8 Å². The summed E-state index contributed by atoms with van der Waals surface area (Å²) in [6, 6.07) is 4.49. The van der Waals surface area contributed by atoms with E-state index >= 15 is 0 Å². The molecule has 0 nitrogen and oxygen atoms in total. The second-order valence-electron chi connectivity index (χ2n) is 3.41. The highest BCUT2D eigenvalue weighted by Crippen LogP contribution is 2.07. The van der Waals surface area contributed by atoms with Crippen molar-refractivity contribution in [2.24, 2.45) is 0 Å². The molecule has 0 atom stereocenters. The van der Waals surface area contributed by atoms with Crippen LogP contribution in [0.15, 0.2) is 18.2 Å². The zero-order chi connectivity index (χ0) is 7.97. The third kappa shape index (κ3) is 0.672. The third-order valence-electron chi connectivity index (χ3n) is 2.71. The molecule has 0 N–H and O–H groups in total. The first-order chi connectivity index (χ1) is 5.95. The van der Waals surface area contributed by atoms with Crippen LogP contribution >= 0.6 is 0 Å². The molecule has 12 heavy (non-hydrogen) atoms. The lowest BCUT2D eigenvalue weighted by Gasteiger charge is -1.96. The fourth-order valence-corrected chi connectivity index (χ4v) is 2.11. The van der Waals surface area contributed by atoms with Gasteiger partial charge < -0.3 is 0 Å². The Labute approximate surface area is 71.5 Å². The highest BCUT2D eigenvalue weighted by Gasteiger charge is 2.06. The van der Waals surface area contributed by atoms with Crippen LogP contribution in [-0.4, -0.2) is 0 Å². The monoisotopic (exact) mass is 154 g/mol. The molecule has 0 saturated carbocycles. The maximum Gasteiger partial charge on any atom is -0.0112 e. The molecule has 0 saturated heterocycles. The van der Waals surface area contributed by atoms with Gasteiger partial charge in [-0.3, -0.25) is 0 Å². The van der Waals surface area contributed by atoms with Crippen LogP contribution in [0.5, 0.6) is 0 Å². The van der Waals surface area contributed by atoms with Gasteiger partial charge in [0.2, 0.25) is 0 Å². The predicted octanol–water partition coefficient (Wildman–Crippen LogP) is 1.22. The van der Waals surface area contributed by atoms with Gasteiger partial charge >= 0.3 is 0 Å². The van der Waals surface area contributed by atoms with Crippen LogP contribution in [0.25, 0.3) is 18.2 Å². The zero-order valence-corrected chi connectivity index (χ0v) is 6.88. The summed E-state index contributed by atoms with van der Waals surface area (Å²) in [7, 11) is 0. The van der Waals surface area contributed by atoms with Crippen molar-refractivity contribution in [3.8, 4) is 0 Å². The van der Waals surface area contributed by atoms with Crippen molar-refractivity contribution in [1.82, 2.24) is 0 Å². The van der Waals surface area contributed by atoms with Gasteiger partial charge in [0.15, 0.2) is 0 Å². The Hall–Kier alpha value is -1.30. The van der Waals surface area contributed by atoms with E-state index in [0.29, 0.717) is 0 Å². The van der Waals surface area contributed by atoms with Crippen LogP contribution in [0.4, 0.5) is 0 Å². The van der Waals surface area contributed by atoms with Gasteiger partial charge in [0, 0.05) is 0 Å². The summed E-state index contributed by atoms with van der Waals surface area (Å²) in [5.74, 6) is 0. The number of benzene rings is 1. The number of aryl methyl sites for hydroxylation is 1. The van der Waals surface area contributed by atoms with E-state index in [0.717, 1.165) is 0 Å². The van der Waals surface area contributed by atoms with Crippen molar-refractivity contribution in [1.29, 1.82) is 0 Å². The smallest absolute Gasteiger partial charge is 0.0112 e.